The normalized spacial score (nSPS) is 54.5. The first-order valence-corrected chi connectivity index (χ1v) is 5.09. The summed E-state index contributed by atoms with van der Waals surface area (Å²) in [4.78, 5) is 0. The predicted molar refractivity (Wildman–Crippen MR) is 43.3 cm³/mol. The van der Waals surface area contributed by atoms with Gasteiger partial charge in [-0.3, -0.25) is 0 Å². The van der Waals surface area contributed by atoms with Crippen LogP contribution in [0.4, 0.5) is 0 Å². The van der Waals surface area contributed by atoms with Gasteiger partial charge in [0.2, 0.25) is 0 Å². The van der Waals surface area contributed by atoms with E-state index >= 15 is 0 Å². The molecule has 0 aromatic heterocycles. The van der Waals surface area contributed by atoms with Crippen molar-refractivity contribution in [2.24, 2.45) is 11.8 Å². The molecule has 2 saturated carbocycles. The van der Waals surface area contributed by atoms with E-state index in [1.807, 2.05) is 0 Å². The van der Waals surface area contributed by atoms with Gasteiger partial charge in [0.05, 0.1) is 12.2 Å². The van der Waals surface area contributed by atoms with Gasteiger partial charge in [0.15, 0.2) is 0 Å². The second-order valence-electron chi connectivity index (χ2n) is 4.49. The van der Waals surface area contributed by atoms with E-state index in [1.54, 1.807) is 0 Å². The Labute approximate surface area is 68.1 Å². The maximum atomic E-state index is 5.57. The van der Waals surface area contributed by atoms with Crippen molar-refractivity contribution in [3.8, 4) is 0 Å². The van der Waals surface area contributed by atoms with Crippen LogP contribution in [-0.4, -0.2) is 12.2 Å². The molecule has 3 rings (SSSR count). The summed E-state index contributed by atoms with van der Waals surface area (Å²) in [6.07, 6.45) is 10.2. The van der Waals surface area contributed by atoms with Crippen molar-refractivity contribution in [2.45, 2.75) is 50.7 Å². The number of fused-ring (bicyclic) bond motifs is 2. The Balaban J connectivity index is 1.73. The van der Waals surface area contributed by atoms with Crippen LogP contribution in [0.3, 0.4) is 0 Å². The summed E-state index contributed by atoms with van der Waals surface area (Å²) in [7, 11) is 0. The molecule has 2 unspecified atom stereocenters. The Morgan fingerprint density at radius 1 is 0.818 bits per heavy atom. The molecule has 4 atom stereocenters. The lowest BCUT2D eigenvalue weighted by atomic mass is 9.71. The van der Waals surface area contributed by atoms with E-state index in [0.717, 1.165) is 11.8 Å². The highest BCUT2D eigenvalue weighted by Crippen LogP contribution is 2.48. The third-order valence-electron chi connectivity index (χ3n) is 3.82. The Bertz CT molecular complexity index is 148. The van der Waals surface area contributed by atoms with Crippen LogP contribution in [0.1, 0.15) is 38.5 Å². The van der Waals surface area contributed by atoms with Gasteiger partial charge in [-0.1, -0.05) is 25.7 Å². The number of hydrogen-bond donors (Lipinski definition) is 0. The fraction of sp³-hybridized carbons (Fsp3) is 1.00. The molecule has 3 fully saturated rings. The first-order valence-electron chi connectivity index (χ1n) is 5.09. The average molecular weight is 152 g/mol. The van der Waals surface area contributed by atoms with E-state index in [1.165, 1.54) is 38.5 Å². The van der Waals surface area contributed by atoms with Crippen LogP contribution in [0.25, 0.3) is 0 Å². The summed E-state index contributed by atoms with van der Waals surface area (Å²) in [6, 6.07) is 0. The monoisotopic (exact) mass is 152 g/mol. The van der Waals surface area contributed by atoms with Crippen LogP contribution in [0.2, 0.25) is 0 Å². The van der Waals surface area contributed by atoms with Crippen molar-refractivity contribution >= 4 is 0 Å². The van der Waals surface area contributed by atoms with E-state index in [-0.39, 0.29) is 0 Å². The van der Waals surface area contributed by atoms with Gasteiger partial charge in [-0.25, -0.2) is 0 Å². The fourth-order valence-electron chi connectivity index (χ4n) is 3.10. The van der Waals surface area contributed by atoms with E-state index in [9.17, 15) is 0 Å². The average Bonchev–Trinajstić information content (AvgIpc) is 2.77. The lowest BCUT2D eigenvalue weighted by molar-refractivity contribution is 0.190. The van der Waals surface area contributed by atoms with Gasteiger partial charge in [0.1, 0.15) is 0 Å². The quantitative estimate of drug-likeness (QED) is 0.485. The van der Waals surface area contributed by atoms with E-state index < -0.39 is 0 Å². The molecular formula is C10H16O. The first kappa shape index (κ1) is 6.47. The van der Waals surface area contributed by atoms with Crippen molar-refractivity contribution in [1.82, 2.24) is 0 Å². The molecule has 0 amide bonds. The molecule has 0 N–H and O–H groups in total. The summed E-state index contributed by atoms with van der Waals surface area (Å²) in [6.45, 7) is 0. The van der Waals surface area contributed by atoms with E-state index in [4.69, 9.17) is 4.74 Å². The minimum absolute atomic E-state index is 0.703. The van der Waals surface area contributed by atoms with Crippen LogP contribution < -0.4 is 0 Å². The van der Waals surface area contributed by atoms with Crippen molar-refractivity contribution in [1.29, 1.82) is 0 Å². The number of ether oxygens (including phenoxy) is 1. The maximum absolute atomic E-state index is 5.57. The van der Waals surface area contributed by atoms with Crippen LogP contribution in [-0.2, 0) is 4.74 Å². The highest BCUT2D eigenvalue weighted by Gasteiger charge is 2.48. The predicted octanol–water partition coefficient (Wildman–Crippen LogP) is 2.35. The molecule has 1 heteroatoms. The molecule has 0 spiro atoms. The SMILES string of the molecule is C1CC[C@@H]2CC3OC3C[C@H]2C1. The second kappa shape index (κ2) is 2.22. The fourth-order valence-corrected chi connectivity index (χ4v) is 3.10. The number of rotatable bonds is 0. The van der Waals surface area contributed by atoms with Crippen LogP contribution in [0.15, 0.2) is 0 Å². The first-order chi connectivity index (χ1) is 5.43. The van der Waals surface area contributed by atoms with Crippen molar-refractivity contribution in [2.75, 3.05) is 0 Å². The van der Waals surface area contributed by atoms with Crippen LogP contribution in [0, 0.1) is 11.8 Å². The van der Waals surface area contributed by atoms with Gasteiger partial charge in [0, 0.05) is 0 Å². The molecule has 0 radical (unpaired) electrons. The molecule has 1 heterocycles. The summed E-state index contributed by atoms with van der Waals surface area (Å²) >= 11 is 0. The van der Waals surface area contributed by atoms with Gasteiger partial charge >= 0.3 is 0 Å². The van der Waals surface area contributed by atoms with Crippen LogP contribution >= 0.6 is 0 Å². The minimum Gasteiger partial charge on any atom is -0.370 e. The van der Waals surface area contributed by atoms with Gasteiger partial charge < -0.3 is 4.74 Å². The minimum atomic E-state index is 0.703. The van der Waals surface area contributed by atoms with Gasteiger partial charge in [-0.2, -0.15) is 0 Å². The van der Waals surface area contributed by atoms with E-state index in [0.29, 0.717) is 12.2 Å². The second-order valence-corrected chi connectivity index (χ2v) is 4.49. The van der Waals surface area contributed by atoms with Crippen molar-refractivity contribution in [3.05, 3.63) is 0 Å². The van der Waals surface area contributed by atoms with Crippen molar-refractivity contribution < 1.29 is 4.74 Å². The molecule has 11 heavy (non-hydrogen) atoms. The molecule has 1 aliphatic heterocycles. The Morgan fingerprint density at radius 2 is 1.36 bits per heavy atom. The Morgan fingerprint density at radius 3 is 1.91 bits per heavy atom. The molecule has 1 nitrogen and oxygen atoms in total. The molecule has 2 aliphatic carbocycles. The number of epoxide rings is 1. The standard InChI is InChI=1S/C10H16O/c1-2-4-8-6-10-9(11-10)5-7(8)3-1/h7-10H,1-6H2/t7-,8-,9?,10?/m1/s1. The maximum Gasteiger partial charge on any atom is 0.0844 e. The largest absolute Gasteiger partial charge is 0.370 e. The topological polar surface area (TPSA) is 12.5 Å². The molecule has 0 aromatic carbocycles. The molecule has 3 aliphatic rings. The van der Waals surface area contributed by atoms with Gasteiger partial charge in [-0.15, -0.1) is 0 Å². The molecule has 0 aromatic rings. The summed E-state index contributed by atoms with van der Waals surface area (Å²) < 4.78 is 5.57. The van der Waals surface area contributed by atoms with Crippen LogP contribution in [0.5, 0.6) is 0 Å². The zero-order valence-electron chi connectivity index (χ0n) is 6.96. The Hall–Kier alpha value is -0.0400. The Kier molecular flexibility index (Phi) is 1.31. The zero-order chi connectivity index (χ0) is 7.26. The lowest BCUT2D eigenvalue weighted by Crippen LogP contribution is -2.27. The highest BCUT2D eigenvalue weighted by molar-refractivity contribution is 4.96. The third-order valence-corrected chi connectivity index (χ3v) is 3.82. The summed E-state index contributed by atoms with van der Waals surface area (Å²) in [5, 5.41) is 0. The molecule has 62 valence electrons. The zero-order valence-corrected chi connectivity index (χ0v) is 6.96. The van der Waals surface area contributed by atoms with Gasteiger partial charge in [0.25, 0.3) is 0 Å². The number of hydrogen-bond acceptors (Lipinski definition) is 1. The molecule has 0 bridgehead atoms. The molecule has 1 saturated heterocycles. The van der Waals surface area contributed by atoms with Crippen molar-refractivity contribution in [3.63, 3.8) is 0 Å². The highest BCUT2D eigenvalue weighted by atomic mass is 16.6. The smallest absolute Gasteiger partial charge is 0.0844 e. The van der Waals surface area contributed by atoms with Gasteiger partial charge in [-0.05, 0) is 24.7 Å². The molecular weight excluding hydrogens is 136 g/mol. The van der Waals surface area contributed by atoms with E-state index in [2.05, 4.69) is 0 Å². The summed E-state index contributed by atoms with van der Waals surface area (Å²) in [5.74, 6) is 2.10. The lowest BCUT2D eigenvalue weighted by Gasteiger charge is -2.33. The summed E-state index contributed by atoms with van der Waals surface area (Å²) in [5.41, 5.74) is 0. The third kappa shape index (κ3) is 1.01.